The SMILES string of the molecule is O=C(O)CCCCCN([C@@H]1CCS(=O)(=O)C1)S(=O)(=O)c1ccc(C2CCCCC2)cc1. The minimum atomic E-state index is -3.83. The van der Waals surface area contributed by atoms with E-state index in [0.717, 1.165) is 12.8 Å². The highest BCUT2D eigenvalue weighted by Gasteiger charge is 2.38. The van der Waals surface area contributed by atoms with E-state index in [1.165, 1.54) is 29.1 Å². The first-order valence-electron chi connectivity index (χ1n) is 11.2. The zero-order chi connectivity index (χ0) is 22.5. The minimum Gasteiger partial charge on any atom is -0.481 e. The van der Waals surface area contributed by atoms with Crippen molar-refractivity contribution in [3.05, 3.63) is 29.8 Å². The first-order chi connectivity index (χ1) is 14.7. The molecule has 1 atom stereocenters. The van der Waals surface area contributed by atoms with Crippen LogP contribution in [0.1, 0.15) is 75.7 Å². The molecule has 1 aliphatic carbocycles. The quantitative estimate of drug-likeness (QED) is 0.523. The monoisotopic (exact) mass is 471 g/mol. The van der Waals surface area contributed by atoms with Crippen molar-refractivity contribution in [2.45, 2.75) is 81.1 Å². The number of aliphatic carboxylic acids is 1. The molecule has 9 heteroatoms. The van der Waals surface area contributed by atoms with Gasteiger partial charge in [-0.25, -0.2) is 16.8 Å². The Morgan fingerprint density at radius 3 is 2.26 bits per heavy atom. The van der Waals surface area contributed by atoms with Gasteiger partial charge in [0, 0.05) is 19.0 Å². The second kappa shape index (κ2) is 10.4. The third kappa shape index (κ3) is 6.52. The van der Waals surface area contributed by atoms with Crippen molar-refractivity contribution in [1.82, 2.24) is 4.31 Å². The molecule has 7 nitrogen and oxygen atoms in total. The number of carbonyl (C=O) groups is 1. The minimum absolute atomic E-state index is 0.00329. The van der Waals surface area contributed by atoms with Crippen LogP contribution in [0.25, 0.3) is 0 Å². The molecule has 1 saturated carbocycles. The van der Waals surface area contributed by atoms with Crippen molar-refractivity contribution in [2.75, 3.05) is 18.1 Å². The third-order valence-corrected chi connectivity index (χ3v) is 10.2. The first kappa shape index (κ1) is 24.2. The highest BCUT2D eigenvalue weighted by atomic mass is 32.2. The number of hydrogen-bond donors (Lipinski definition) is 1. The number of benzene rings is 1. The Morgan fingerprint density at radius 1 is 1.00 bits per heavy atom. The van der Waals surface area contributed by atoms with Gasteiger partial charge < -0.3 is 5.11 Å². The van der Waals surface area contributed by atoms with E-state index in [-0.39, 0.29) is 29.4 Å². The molecule has 1 aromatic rings. The summed E-state index contributed by atoms with van der Waals surface area (Å²) >= 11 is 0. The second-order valence-electron chi connectivity index (χ2n) is 8.78. The lowest BCUT2D eigenvalue weighted by atomic mass is 9.84. The van der Waals surface area contributed by atoms with Crippen LogP contribution in [0.15, 0.2) is 29.2 Å². The van der Waals surface area contributed by atoms with E-state index >= 15 is 0 Å². The standard InChI is InChI=1S/C22H33NO6S2/c24-22(25)9-5-2-6-15-23(20-14-16-30(26,27)17-20)31(28,29)21-12-10-19(11-13-21)18-7-3-1-4-8-18/h10-13,18,20H,1-9,14-17H2,(H,24,25)/t20-/m1/s1. The van der Waals surface area contributed by atoms with Crippen LogP contribution < -0.4 is 0 Å². The van der Waals surface area contributed by atoms with Crippen molar-refractivity contribution in [1.29, 1.82) is 0 Å². The van der Waals surface area contributed by atoms with E-state index in [1.54, 1.807) is 12.1 Å². The summed E-state index contributed by atoms with van der Waals surface area (Å²) in [5.74, 6) is -0.537. The summed E-state index contributed by atoms with van der Waals surface area (Å²) in [6.45, 7) is 0.201. The Kier molecular flexibility index (Phi) is 8.15. The highest BCUT2D eigenvalue weighted by Crippen LogP contribution is 2.33. The molecule has 0 amide bonds. The molecule has 1 saturated heterocycles. The van der Waals surface area contributed by atoms with Gasteiger partial charge in [-0.3, -0.25) is 4.79 Å². The van der Waals surface area contributed by atoms with Crippen molar-refractivity contribution < 1.29 is 26.7 Å². The number of unbranched alkanes of at least 4 members (excludes halogenated alkanes) is 2. The van der Waals surface area contributed by atoms with E-state index in [2.05, 4.69) is 0 Å². The number of hydrogen-bond acceptors (Lipinski definition) is 5. The normalized spacial score (nSPS) is 22.0. The van der Waals surface area contributed by atoms with Gasteiger partial charge in [0.15, 0.2) is 9.84 Å². The van der Waals surface area contributed by atoms with Crippen LogP contribution in [0.3, 0.4) is 0 Å². The summed E-state index contributed by atoms with van der Waals surface area (Å²) in [7, 11) is -7.07. The first-order valence-corrected chi connectivity index (χ1v) is 14.5. The van der Waals surface area contributed by atoms with E-state index in [4.69, 9.17) is 5.11 Å². The summed E-state index contributed by atoms with van der Waals surface area (Å²) in [5.41, 5.74) is 1.17. The van der Waals surface area contributed by atoms with Gasteiger partial charge >= 0.3 is 5.97 Å². The smallest absolute Gasteiger partial charge is 0.303 e. The van der Waals surface area contributed by atoms with Gasteiger partial charge in [0.05, 0.1) is 16.4 Å². The van der Waals surface area contributed by atoms with Gasteiger partial charge in [-0.05, 0) is 55.7 Å². The zero-order valence-corrected chi connectivity index (χ0v) is 19.5. The van der Waals surface area contributed by atoms with Crippen LogP contribution in [-0.2, 0) is 24.7 Å². The van der Waals surface area contributed by atoms with Crippen molar-refractivity contribution in [2.24, 2.45) is 0 Å². The molecule has 0 radical (unpaired) electrons. The summed E-state index contributed by atoms with van der Waals surface area (Å²) in [5, 5.41) is 8.77. The fraction of sp³-hybridized carbons (Fsp3) is 0.682. The molecule has 2 fully saturated rings. The molecule has 1 heterocycles. The fourth-order valence-corrected chi connectivity index (χ4v) is 8.22. The average molecular weight is 472 g/mol. The molecular weight excluding hydrogens is 438 g/mol. The van der Waals surface area contributed by atoms with E-state index < -0.39 is 31.9 Å². The Labute approximate surface area is 185 Å². The number of rotatable bonds is 10. The van der Waals surface area contributed by atoms with Crippen LogP contribution in [-0.4, -0.2) is 56.3 Å². The van der Waals surface area contributed by atoms with Gasteiger partial charge in [0.2, 0.25) is 10.0 Å². The molecule has 2 aliphatic rings. The maximum Gasteiger partial charge on any atom is 0.303 e. The predicted molar refractivity (Wildman–Crippen MR) is 119 cm³/mol. The molecular formula is C22H33NO6S2. The molecule has 0 unspecified atom stereocenters. The van der Waals surface area contributed by atoms with Gasteiger partial charge in [-0.1, -0.05) is 37.8 Å². The number of carboxylic acids is 1. The van der Waals surface area contributed by atoms with Gasteiger partial charge in [-0.15, -0.1) is 0 Å². The van der Waals surface area contributed by atoms with Crippen molar-refractivity contribution in [3.8, 4) is 0 Å². The van der Waals surface area contributed by atoms with Crippen molar-refractivity contribution >= 4 is 25.8 Å². The van der Waals surface area contributed by atoms with Crippen LogP contribution >= 0.6 is 0 Å². The Bertz CT molecular complexity index is 950. The second-order valence-corrected chi connectivity index (χ2v) is 12.9. The summed E-state index contributed by atoms with van der Waals surface area (Å²) < 4.78 is 52.2. The van der Waals surface area contributed by atoms with Crippen molar-refractivity contribution in [3.63, 3.8) is 0 Å². The maximum absolute atomic E-state index is 13.4. The van der Waals surface area contributed by atoms with E-state index in [9.17, 15) is 21.6 Å². The summed E-state index contributed by atoms with van der Waals surface area (Å²) in [4.78, 5) is 10.9. The lowest BCUT2D eigenvalue weighted by molar-refractivity contribution is -0.137. The molecule has 31 heavy (non-hydrogen) atoms. The molecule has 1 N–H and O–H groups in total. The highest BCUT2D eigenvalue weighted by molar-refractivity contribution is 7.92. The fourth-order valence-electron chi connectivity index (χ4n) is 4.71. The van der Waals surface area contributed by atoms with Gasteiger partial charge in [0.25, 0.3) is 0 Å². The molecule has 1 aliphatic heterocycles. The third-order valence-electron chi connectivity index (χ3n) is 6.45. The zero-order valence-electron chi connectivity index (χ0n) is 17.9. The Balaban J connectivity index is 1.74. The Morgan fingerprint density at radius 2 is 1.68 bits per heavy atom. The van der Waals surface area contributed by atoms with Gasteiger partial charge in [0.1, 0.15) is 0 Å². The largest absolute Gasteiger partial charge is 0.481 e. The molecule has 0 aromatic heterocycles. The lowest BCUT2D eigenvalue weighted by Gasteiger charge is -2.28. The van der Waals surface area contributed by atoms with Crippen LogP contribution in [0.2, 0.25) is 0 Å². The van der Waals surface area contributed by atoms with Gasteiger partial charge in [-0.2, -0.15) is 4.31 Å². The van der Waals surface area contributed by atoms with Crippen LogP contribution in [0.5, 0.6) is 0 Å². The summed E-state index contributed by atoms with van der Waals surface area (Å²) in [6.07, 6.45) is 7.85. The molecule has 3 rings (SSSR count). The summed E-state index contributed by atoms with van der Waals surface area (Å²) in [6, 6.07) is 6.55. The van der Waals surface area contributed by atoms with E-state index in [0.29, 0.717) is 31.6 Å². The number of sulfonamides is 1. The van der Waals surface area contributed by atoms with Crippen LogP contribution in [0.4, 0.5) is 0 Å². The average Bonchev–Trinajstić information content (AvgIpc) is 3.10. The van der Waals surface area contributed by atoms with E-state index in [1.807, 2.05) is 12.1 Å². The number of sulfone groups is 1. The molecule has 0 bridgehead atoms. The maximum atomic E-state index is 13.4. The predicted octanol–water partition coefficient (Wildman–Crippen LogP) is 3.56. The Hall–Kier alpha value is -1.45. The van der Waals surface area contributed by atoms with Crippen LogP contribution in [0, 0.1) is 0 Å². The molecule has 174 valence electrons. The lowest BCUT2D eigenvalue weighted by Crippen LogP contribution is -2.41. The molecule has 1 aromatic carbocycles. The topological polar surface area (TPSA) is 109 Å². The number of nitrogens with zero attached hydrogens (tertiary/aromatic N) is 1. The molecule has 0 spiro atoms. The number of carboxylic acid groups (broad SMARTS) is 1.